The van der Waals surface area contributed by atoms with Gasteiger partial charge in [0.25, 0.3) is 5.91 Å². The molecule has 4 rings (SSSR count). The van der Waals surface area contributed by atoms with Crippen LogP contribution in [0.5, 0.6) is 0 Å². The maximum absolute atomic E-state index is 13.6. The van der Waals surface area contributed by atoms with E-state index in [9.17, 15) is 17.6 Å². The Morgan fingerprint density at radius 2 is 1.80 bits per heavy atom. The number of likely N-dealkylation sites (N-methyl/N-ethyl adjacent to an activating group) is 1. The zero-order chi connectivity index (χ0) is 27.7. The van der Waals surface area contributed by atoms with Gasteiger partial charge in [-0.2, -0.15) is 9.56 Å². The van der Waals surface area contributed by atoms with Crippen molar-refractivity contribution in [2.45, 2.75) is 10.9 Å². The Morgan fingerprint density at radius 1 is 1.15 bits per heavy atom. The maximum atomic E-state index is 13.6. The van der Waals surface area contributed by atoms with Crippen molar-refractivity contribution in [1.29, 1.82) is 0 Å². The van der Waals surface area contributed by atoms with Crippen LogP contribution in [0.25, 0.3) is 10.8 Å². The molecule has 1 aromatic heterocycles. The Morgan fingerprint density at radius 3 is 2.35 bits per heavy atom. The quantitative estimate of drug-likeness (QED) is 0.169. The Kier molecular flexibility index (Phi) is 13.2. The first kappa shape index (κ1) is 34.0. The average Bonchev–Trinajstić information content (AvgIpc) is 2.92. The third-order valence-corrected chi connectivity index (χ3v) is 7.65. The van der Waals surface area contributed by atoms with E-state index in [1.807, 2.05) is 54.2 Å². The molecule has 16 heteroatoms. The van der Waals surface area contributed by atoms with Crippen LogP contribution in [0.15, 0.2) is 59.8 Å². The zero-order valence-corrected chi connectivity index (χ0v) is 22.3. The van der Waals surface area contributed by atoms with E-state index in [-0.39, 0.29) is 32.5 Å². The Balaban J connectivity index is 0.00000105. The summed E-state index contributed by atoms with van der Waals surface area (Å²) >= 11 is 0. The first-order valence-corrected chi connectivity index (χ1v) is 12.7. The van der Waals surface area contributed by atoms with Crippen molar-refractivity contribution in [3.63, 3.8) is 0 Å². The highest BCUT2D eigenvalue weighted by atomic mass is 32.2. The second-order valence-electron chi connectivity index (χ2n) is 8.49. The molecule has 0 aliphatic carbocycles. The molecule has 1 fully saturated rings. The minimum absolute atomic E-state index is 0. The van der Waals surface area contributed by atoms with Crippen molar-refractivity contribution in [1.82, 2.24) is 24.7 Å². The van der Waals surface area contributed by atoms with Crippen molar-refractivity contribution in [2.75, 3.05) is 45.2 Å². The second kappa shape index (κ2) is 15.5. The molecule has 0 bridgehead atoms. The molecule has 3 N–H and O–H groups in total. The van der Waals surface area contributed by atoms with E-state index in [1.54, 1.807) is 21.9 Å². The zero-order valence-electron chi connectivity index (χ0n) is 21.5. The highest BCUT2D eigenvalue weighted by Crippen LogP contribution is 2.26. The number of sulfonamides is 1. The lowest BCUT2D eigenvalue weighted by molar-refractivity contribution is -0.172. The van der Waals surface area contributed by atoms with Crippen molar-refractivity contribution >= 4 is 32.7 Å². The average molecular weight is 587 g/mol. The number of nitrogens with one attached hydrogen (secondary N) is 1. The number of rotatable bonds is 6. The van der Waals surface area contributed by atoms with E-state index in [0.29, 0.717) is 25.6 Å². The molecule has 1 atom stereocenters. The van der Waals surface area contributed by atoms with Gasteiger partial charge in [0.15, 0.2) is 12.3 Å². The number of benzene rings is 2. The highest BCUT2D eigenvalue weighted by Gasteiger charge is 2.37. The molecular formula is C24H29F3N6O6S. The number of hydroxylamine groups is 1. The van der Waals surface area contributed by atoms with Crippen LogP contribution in [-0.2, 0) is 14.9 Å². The van der Waals surface area contributed by atoms with Crippen molar-refractivity contribution in [3.05, 3.63) is 60.4 Å². The smallest absolute Gasteiger partial charge is 0.277 e. The highest BCUT2D eigenvalue weighted by molar-refractivity contribution is 7.89. The number of carbonyl (C=O) groups excluding carboxylic acids is 1. The first-order valence-electron chi connectivity index (χ1n) is 11.3. The summed E-state index contributed by atoms with van der Waals surface area (Å²) in [4.78, 5) is 27.0. The van der Waals surface area contributed by atoms with E-state index in [2.05, 4.69) is 14.9 Å². The van der Waals surface area contributed by atoms with Gasteiger partial charge in [0, 0.05) is 38.6 Å². The minimum Gasteiger partial charge on any atom is -0.338 e. The molecule has 1 amide bonds. The summed E-state index contributed by atoms with van der Waals surface area (Å²) in [5, 5.41) is 17.8. The van der Waals surface area contributed by atoms with Crippen LogP contribution < -0.4 is 10.4 Å². The molecule has 1 aliphatic rings. The van der Waals surface area contributed by atoms with Gasteiger partial charge in [-0.1, -0.05) is 30.3 Å². The van der Waals surface area contributed by atoms with Crippen LogP contribution in [0.2, 0.25) is 0 Å². The summed E-state index contributed by atoms with van der Waals surface area (Å²) in [7, 11) is 0.0859. The number of nitrogens with zero attached hydrogens (tertiary/aromatic N) is 5. The third kappa shape index (κ3) is 8.24. The summed E-state index contributed by atoms with van der Waals surface area (Å²) in [5.41, 5.74) is 1.67. The van der Waals surface area contributed by atoms with Crippen LogP contribution in [0, 0.1) is 12.3 Å². The number of anilines is 1. The van der Waals surface area contributed by atoms with E-state index in [0.717, 1.165) is 16.9 Å². The summed E-state index contributed by atoms with van der Waals surface area (Å²) in [6, 6.07) is 12.6. The Labute approximate surface area is 228 Å². The van der Waals surface area contributed by atoms with Gasteiger partial charge >= 0.3 is 0 Å². The van der Waals surface area contributed by atoms with E-state index < -0.39 is 15.9 Å². The monoisotopic (exact) mass is 586 g/mol. The summed E-state index contributed by atoms with van der Waals surface area (Å²) < 4.78 is 39.1. The topological polar surface area (TPSA) is 148 Å². The second-order valence-corrected chi connectivity index (χ2v) is 10.4. The SMILES string of the molecule is CN(C)CC1CN(c2ncc(C(=O)NO)cn2)CCN1S(=O)(=O)c1ccc2ccccc2c1.F.F.OOC#CF. The molecule has 3 aromatic rings. The first-order chi connectivity index (χ1) is 18.2. The standard InChI is InChI=1S/C22H26N6O4S.C2HFO2.2FH/c1-26(2)14-19-15-27(22-23-12-18(13-24-22)21(29)25-30)9-10-28(19)33(31,32)20-8-7-16-5-3-4-6-17(16)11-20;3-1-2-5-4;;/h3-8,11-13,19,30H,9-10,14-15H2,1-2H3,(H,25,29);4H;2*1H. The number of fused-ring (bicyclic) bond motifs is 1. The van der Waals surface area contributed by atoms with E-state index in [1.165, 1.54) is 18.5 Å². The third-order valence-electron chi connectivity index (χ3n) is 5.70. The molecule has 1 aliphatic heterocycles. The lowest BCUT2D eigenvalue weighted by Gasteiger charge is -2.41. The van der Waals surface area contributed by atoms with Gasteiger partial charge in [-0.05, 0) is 37.0 Å². The van der Waals surface area contributed by atoms with Gasteiger partial charge in [-0.15, -0.1) is 4.39 Å². The molecule has 0 radical (unpaired) electrons. The van der Waals surface area contributed by atoms with Crippen LogP contribution in [0.1, 0.15) is 10.4 Å². The Bertz CT molecular complexity index is 1420. The number of halogens is 3. The number of hydrogen-bond acceptors (Lipinski definition) is 10. The fraction of sp³-hybridized carbons (Fsp3) is 0.292. The number of hydrogen-bond donors (Lipinski definition) is 3. The molecule has 0 saturated carbocycles. The van der Waals surface area contributed by atoms with Gasteiger partial charge in [-0.3, -0.25) is 24.3 Å². The van der Waals surface area contributed by atoms with Crippen molar-refractivity contribution in [3.8, 4) is 12.3 Å². The molecule has 1 unspecified atom stereocenters. The molecule has 218 valence electrons. The predicted octanol–water partition coefficient (Wildman–Crippen LogP) is 1.86. The van der Waals surface area contributed by atoms with Gasteiger partial charge < -0.3 is 9.80 Å². The van der Waals surface area contributed by atoms with Crippen molar-refractivity contribution in [2.24, 2.45) is 0 Å². The molecule has 40 heavy (non-hydrogen) atoms. The lowest BCUT2D eigenvalue weighted by atomic mass is 10.1. The van der Waals surface area contributed by atoms with Crippen molar-refractivity contribution < 1.29 is 42.4 Å². The van der Waals surface area contributed by atoms with Crippen LogP contribution in [0.3, 0.4) is 0 Å². The van der Waals surface area contributed by atoms with E-state index >= 15 is 0 Å². The maximum Gasteiger partial charge on any atom is 0.277 e. The van der Waals surface area contributed by atoms with Gasteiger partial charge in [0.1, 0.15) is 0 Å². The Hall–Kier alpha value is -4.01. The normalized spacial score (nSPS) is 14.9. The number of amides is 1. The summed E-state index contributed by atoms with van der Waals surface area (Å²) in [6.07, 6.45) is 4.70. The number of carbonyl (C=O) groups is 1. The largest absolute Gasteiger partial charge is 0.338 e. The predicted molar refractivity (Wildman–Crippen MR) is 141 cm³/mol. The van der Waals surface area contributed by atoms with Crippen LogP contribution in [0.4, 0.5) is 19.7 Å². The van der Waals surface area contributed by atoms with Crippen LogP contribution >= 0.6 is 0 Å². The summed E-state index contributed by atoms with van der Waals surface area (Å²) in [5.74, 6) is -0.297. The molecule has 2 aromatic carbocycles. The fourth-order valence-electron chi connectivity index (χ4n) is 4.05. The molecule has 2 heterocycles. The minimum atomic E-state index is -3.72. The van der Waals surface area contributed by atoms with E-state index in [4.69, 9.17) is 10.5 Å². The van der Waals surface area contributed by atoms with Gasteiger partial charge in [0.2, 0.25) is 16.0 Å². The fourth-order valence-corrected chi connectivity index (χ4v) is 5.69. The van der Waals surface area contributed by atoms with Gasteiger partial charge in [-0.25, -0.2) is 23.9 Å². The summed E-state index contributed by atoms with van der Waals surface area (Å²) in [6.45, 7) is 1.60. The lowest BCUT2D eigenvalue weighted by Crippen LogP contribution is -2.58. The molecule has 1 saturated heterocycles. The number of aromatic nitrogens is 2. The van der Waals surface area contributed by atoms with Gasteiger partial charge in [0.05, 0.1) is 16.5 Å². The molecule has 0 spiro atoms. The van der Waals surface area contributed by atoms with Crippen LogP contribution in [-0.4, -0.2) is 90.3 Å². The molecular weight excluding hydrogens is 557 g/mol. The molecule has 12 nitrogen and oxygen atoms in total. The number of piperazine rings is 1.